The van der Waals surface area contributed by atoms with Crippen LogP contribution in [0.25, 0.3) is 27.7 Å². The van der Waals surface area contributed by atoms with Gasteiger partial charge in [-0.05, 0) is 38.1 Å². The average molecular weight is 427 g/mol. The Balaban J connectivity index is 1.82. The van der Waals surface area contributed by atoms with Gasteiger partial charge in [-0.2, -0.15) is 0 Å². The van der Waals surface area contributed by atoms with Gasteiger partial charge in [0.1, 0.15) is 17.2 Å². The molecule has 0 N–H and O–H groups in total. The second-order valence-electron chi connectivity index (χ2n) is 7.52. The fraction of sp³-hybridized carbons (Fsp3) is 0.167. The fourth-order valence-corrected chi connectivity index (χ4v) is 4.02. The quantitative estimate of drug-likeness (QED) is 0.423. The lowest BCUT2D eigenvalue weighted by Crippen LogP contribution is -2.25. The van der Waals surface area contributed by atoms with Gasteiger partial charge < -0.3 is 18.4 Å². The van der Waals surface area contributed by atoms with Gasteiger partial charge in [-0.3, -0.25) is 9.78 Å². The van der Waals surface area contributed by atoms with E-state index < -0.39 is 0 Å². The summed E-state index contributed by atoms with van der Waals surface area (Å²) in [6, 6.07) is 11.4. The summed E-state index contributed by atoms with van der Waals surface area (Å²) in [6.45, 7) is 4.10. The van der Waals surface area contributed by atoms with E-state index in [9.17, 15) is 4.79 Å². The molecule has 4 heterocycles. The van der Waals surface area contributed by atoms with E-state index in [1.165, 1.54) is 0 Å². The molecule has 0 unspecified atom stereocenters. The summed E-state index contributed by atoms with van der Waals surface area (Å²) in [5.41, 5.74) is 4.40. The Morgan fingerprint density at radius 2 is 2.00 bits per heavy atom. The number of ether oxygens (including phenoxy) is 1. The molecular weight excluding hydrogens is 406 g/mol. The van der Waals surface area contributed by atoms with Gasteiger partial charge in [0.2, 0.25) is 0 Å². The van der Waals surface area contributed by atoms with Gasteiger partial charge in [0.05, 0.1) is 42.4 Å². The predicted molar refractivity (Wildman–Crippen MR) is 120 cm³/mol. The van der Waals surface area contributed by atoms with Crippen molar-refractivity contribution >= 4 is 10.9 Å². The number of pyridine rings is 2. The van der Waals surface area contributed by atoms with Gasteiger partial charge in [-0.15, -0.1) is 0 Å². The minimum atomic E-state index is -0.145. The van der Waals surface area contributed by atoms with Gasteiger partial charge in [0.25, 0.3) is 5.56 Å². The molecule has 5 rings (SSSR count). The van der Waals surface area contributed by atoms with Crippen LogP contribution < -0.4 is 10.3 Å². The second-order valence-corrected chi connectivity index (χ2v) is 7.52. The molecule has 0 saturated carbocycles. The van der Waals surface area contributed by atoms with Gasteiger partial charge >= 0.3 is 0 Å². The minimum Gasteiger partial charge on any atom is -0.496 e. The van der Waals surface area contributed by atoms with Crippen LogP contribution in [0, 0.1) is 13.8 Å². The predicted octanol–water partition coefficient (Wildman–Crippen LogP) is 3.91. The van der Waals surface area contributed by atoms with Crippen LogP contribution >= 0.6 is 0 Å². The summed E-state index contributed by atoms with van der Waals surface area (Å²) >= 11 is 0. The zero-order valence-electron chi connectivity index (χ0n) is 17.9. The van der Waals surface area contributed by atoms with Crippen molar-refractivity contribution < 1.29 is 9.26 Å². The highest BCUT2D eigenvalue weighted by Gasteiger charge is 2.20. The van der Waals surface area contributed by atoms with E-state index in [4.69, 9.17) is 9.26 Å². The Hall–Kier alpha value is -4.20. The first-order valence-electron chi connectivity index (χ1n) is 10.1. The molecule has 8 heteroatoms. The first kappa shape index (κ1) is 19.7. The van der Waals surface area contributed by atoms with E-state index in [2.05, 4.69) is 15.1 Å². The van der Waals surface area contributed by atoms with Gasteiger partial charge in [-0.1, -0.05) is 11.2 Å². The van der Waals surface area contributed by atoms with Crippen LogP contribution in [0.15, 0.2) is 70.6 Å². The van der Waals surface area contributed by atoms with Crippen molar-refractivity contribution in [2.45, 2.75) is 20.4 Å². The highest BCUT2D eigenvalue weighted by atomic mass is 16.5. The number of methoxy groups -OCH3 is 1. The van der Waals surface area contributed by atoms with E-state index in [-0.39, 0.29) is 5.56 Å². The van der Waals surface area contributed by atoms with E-state index in [0.29, 0.717) is 23.7 Å². The lowest BCUT2D eigenvalue weighted by molar-refractivity contribution is 0.393. The number of rotatable bonds is 5. The topological polar surface area (TPSA) is 88.0 Å². The lowest BCUT2D eigenvalue weighted by Gasteiger charge is -2.16. The second kappa shape index (κ2) is 7.81. The van der Waals surface area contributed by atoms with Gasteiger partial charge in [0.15, 0.2) is 0 Å². The van der Waals surface area contributed by atoms with Crippen LogP contribution in [0.2, 0.25) is 0 Å². The van der Waals surface area contributed by atoms with Crippen LogP contribution in [0.5, 0.6) is 5.75 Å². The summed E-state index contributed by atoms with van der Waals surface area (Å²) in [6.07, 6.45) is 6.74. The van der Waals surface area contributed by atoms with E-state index in [1.807, 2.05) is 50.2 Å². The average Bonchev–Trinajstić information content (AvgIpc) is 3.45. The lowest BCUT2D eigenvalue weighted by atomic mass is 10.00. The molecule has 4 aromatic heterocycles. The third kappa shape index (κ3) is 3.26. The minimum absolute atomic E-state index is 0.145. The van der Waals surface area contributed by atoms with Crippen LogP contribution in [0.4, 0.5) is 0 Å². The highest BCUT2D eigenvalue weighted by molar-refractivity contribution is 5.90. The standard InChI is InChI=1S/C24H21N5O3/c1-15-23(16(2)32-27-15)19-10-17-11-21(28-9-8-25-14-28)24(30)29(20(17)12-22(19)31-3)13-18-6-4-5-7-26-18/h4-12,14H,13H2,1-3H3. The summed E-state index contributed by atoms with van der Waals surface area (Å²) < 4.78 is 14.5. The van der Waals surface area contributed by atoms with Gasteiger partial charge in [0, 0.05) is 35.6 Å². The van der Waals surface area contributed by atoms with Crippen LogP contribution in [-0.2, 0) is 6.54 Å². The van der Waals surface area contributed by atoms with Crippen LogP contribution in [0.1, 0.15) is 17.1 Å². The van der Waals surface area contributed by atoms with Crippen molar-refractivity contribution in [2.75, 3.05) is 7.11 Å². The largest absolute Gasteiger partial charge is 0.496 e. The number of fused-ring (bicyclic) bond motifs is 1. The molecule has 0 atom stereocenters. The van der Waals surface area contributed by atoms with Crippen molar-refractivity contribution in [2.24, 2.45) is 0 Å². The molecule has 1 aromatic carbocycles. The fourth-order valence-electron chi connectivity index (χ4n) is 4.02. The molecule has 8 nitrogen and oxygen atoms in total. The third-order valence-corrected chi connectivity index (χ3v) is 5.53. The number of hydrogen-bond donors (Lipinski definition) is 0. The zero-order valence-corrected chi connectivity index (χ0v) is 17.9. The molecule has 0 aliphatic heterocycles. The highest BCUT2D eigenvalue weighted by Crippen LogP contribution is 2.37. The number of aromatic nitrogens is 5. The number of hydrogen-bond acceptors (Lipinski definition) is 6. The Labute approximate surface area is 183 Å². The molecule has 160 valence electrons. The summed E-state index contributed by atoms with van der Waals surface area (Å²) in [4.78, 5) is 22.0. The normalized spacial score (nSPS) is 11.2. The maximum absolute atomic E-state index is 13.5. The third-order valence-electron chi connectivity index (χ3n) is 5.53. The molecule has 5 aromatic rings. The van der Waals surface area contributed by atoms with Crippen molar-refractivity contribution in [1.82, 2.24) is 24.3 Å². The van der Waals surface area contributed by atoms with Gasteiger partial charge in [-0.25, -0.2) is 4.98 Å². The molecule has 0 bridgehead atoms. The molecule has 0 aliphatic carbocycles. The summed E-state index contributed by atoms with van der Waals surface area (Å²) in [7, 11) is 1.61. The molecule has 0 aliphatic rings. The Morgan fingerprint density at radius 3 is 2.66 bits per heavy atom. The maximum atomic E-state index is 13.5. The van der Waals surface area contributed by atoms with Crippen LogP contribution in [-0.4, -0.2) is 31.4 Å². The van der Waals surface area contributed by atoms with Crippen LogP contribution in [0.3, 0.4) is 0 Å². The number of nitrogens with zero attached hydrogens (tertiary/aromatic N) is 5. The molecular formula is C24H21N5O3. The number of aryl methyl sites for hydroxylation is 2. The number of benzene rings is 1. The maximum Gasteiger partial charge on any atom is 0.275 e. The monoisotopic (exact) mass is 427 g/mol. The van der Waals surface area contributed by atoms with Crippen molar-refractivity contribution in [3.8, 4) is 22.6 Å². The molecule has 0 saturated heterocycles. The number of imidazole rings is 1. The Morgan fingerprint density at radius 1 is 1.12 bits per heavy atom. The summed E-state index contributed by atoms with van der Waals surface area (Å²) in [5.74, 6) is 1.34. The van der Waals surface area contributed by atoms with Crippen molar-refractivity contribution in [1.29, 1.82) is 0 Å². The molecule has 0 spiro atoms. The zero-order chi connectivity index (χ0) is 22.2. The molecule has 0 radical (unpaired) electrons. The van der Waals surface area contributed by atoms with E-state index in [0.717, 1.165) is 33.4 Å². The Kier molecular flexibility index (Phi) is 4.82. The smallest absolute Gasteiger partial charge is 0.275 e. The molecule has 32 heavy (non-hydrogen) atoms. The first-order valence-corrected chi connectivity index (χ1v) is 10.1. The summed E-state index contributed by atoms with van der Waals surface area (Å²) in [5, 5.41) is 4.96. The SMILES string of the molecule is COc1cc2c(cc1-c1c(C)noc1C)cc(-n1ccnc1)c(=O)n2Cc1ccccn1. The van der Waals surface area contributed by atoms with Crippen molar-refractivity contribution in [3.05, 3.63) is 88.8 Å². The van der Waals surface area contributed by atoms with E-state index in [1.54, 1.807) is 41.2 Å². The Bertz CT molecular complexity index is 1450. The van der Waals surface area contributed by atoms with E-state index >= 15 is 0 Å². The van der Waals surface area contributed by atoms with Crippen molar-refractivity contribution in [3.63, 3.8) is 0 Å². The molecule has 0 fully saturated rings. The molecule has 0 amide bonds. The first-order chi connectivity index (χ1) is 15.6.